The number of nitrogens with one attached hydrogen (secondary N) is 1. The van der Waals surface area contributed by atoms with Crippen LogP contribution in [0.2, 0.25) is 0 Å². The number of esters is 1. The van der Waals surface area contributed by atoms with Crippen LogP contribution in [0.4, 0.5) is 5.69 Å². The molecule has 0 radical (unpaired) electrons. The normalized spacial score (nSPS) is 10.4. The molecule has 3 aromatic rings. The van der Waals surface area contributed by atoms with Crippen LogP contribution in [0.5, 0.6) is 0 Å². The molecule has 2 heterocycles. The molecule has 2 aromatic heterocycles. The van der Waals surface area contributed by atoms with Gasteiger partial charge in [0.05, 0.1) is 0 Å². The molecule has 0 fully saturated rings. The second kappa shape index (κ2) is 7.84. The molecule has 0 aliphatic rings. The Bertz CT molecular complexity index is 1070. The number of nitrogens with zero attached hydrogens (tertiary/aromatic N) is 2. The predicted octanol–water partition coefficient (Wildman–Crippen LogP) is 3.66. The number of hydrogen-bond donors (Lipinski definition) is 1. The molecule has 0 aliphatic carbocycles. The van der Waals surface area contributed by atoms with Gasteiger partial charge in [-0.05, 0) is 50.1 Å². The lowest BCUT2D eigenvalue weighted by molar-refractivity contribution is -0.119. The molecule has 0 spiro atoms. The SMILES string of the molecule is Cc1ccc(C)c(NC(=O)COC(=O)c2c(C)oc(-n3cccc3)c2C#N)c1. The standard InChI is InChI=1S/C21H19N3O4/c1-13-6-7-14(2)17(10-13)23-18(25)12-27-21(26)19-15(3)28-20(16(19)11-22)24-8-4-5-9-24/h4-10H,12H2,1-3H3,(H,23,25). The summed E-state index contributed by atoms with van der Waals surface area (Å²) in [6.07, 6.45) is 3.40. The van der Waals surface area contributed by atoms with Gasteiger partial charge < -0.3 is 14.5 Å². The van der Waals surface area contributed by atoms with Crippen LogP contribution in [0.25, 0.3) is 5.88 Å². The van der Waals surface area contributed by atoms with E-state index < -0.39 is 18.5 Å². The van der Waals surface area contributed by atoms with Crippen LogP contribution in [-0.2, 0) is 9.53 Å². The molecule has 1 N–H and O–H groups in total. The van der Waals surface area contributed by atoms with Gasteiger partial charge in [0.2, 0.25) is 5.88 Å². The average Bonchev–Trinajstić information content (AvgIpc) is 3.30. The first-order valence-corrected chi connectivity index (χ1v) is 8.61. The van der Waals surface area contributed by atoms with E-state index in [0.717, 1.165) is 11.1 Å². The van der Waals surface area contributed by atoms with Crippen LogP contribution in [0.1, 0.15) is 32.8 Å². The van der Waals surface area contributed by atoms with Gasteiger partial charge in [-0.15, -0.1) is 0 Å². The topological polar surface area (TPSA) is 97.3 Å². The van der Waals surface area contributed by atoms with Gasteiger partial charge in [0.1, 0.15) is 23.0 Å². The van der Waals surface area contributed by atoms with Gasteiger partial charge in [0, 0.05) is 18.1 Å². The largest absolute Gasteiger partial charge is 0.452 e. The molecular formula is C21H19N3O4. The van der Waals surface area contributed by atoms with Crippen molar-refractivity contribution >= 4 is 17.6 Å². The molecule has 0 saturated heterocycles. The molecule has 3 rings (SSSR count). The maximum atomic E-state index is 12.5. The molecular weight excluding hydrogens is 358 g/mol. The van der Waals surface area contributed by atoms with Crippen molar-refractivity contribution in [2.24, 2.45) is 0 Å². The first-order chi connectivity index (χ1) is 13.4. The Balaban J connectivity index is 1.72. The van der Waals surface area contributed by atoms with Crippen molar-refractivity contribution in [3.05, 3.63) is 70.7 Å². The van der Waals surface area contributed by atoms with E-state index in [0.29, 0.717) is 5.69 Å². The number of anilines is 1. The summed E-state index contributed by atoms with van der Waals surface area (Å²) in [5.74, 6) is -0.767. The first kappa shape index (κ1) is 19.0. The fraction of sp³-hybridized carbons (Fsp3) is 0.190. The molecule has 0 bridgehead atoms. The Morgan fingerprint density at radius 3 is 2.61 bits per heavy atom. The third kappa shape index (κ3) is 3.81. The second-order valence-electron chi connectivity index (χ2n) is 6.36. The lowest BCUT2D eigenvalue weighted by Crippen LogP contribution is -2.21. The van der Waals surface area contributed by atoms with E-state index in [1.807, 2.05) is 38.1 Å². The zero-order valence-corrected chi connectivity index (χ0v) is 15.8. The van der Waals surface area contributed by atoms with Gasteiger partial charge in [-0.25, -0.2) is 4.79 Å². The predicted molar refractivity (Wildman–Crippen MR) is 102 cm³/mol. The summed E-state index contributed by atoms with van der Waals surface area (Å²) >= 11 is 0. The van der Waals surface area contributed by atoms with Gasteiger partial charge >= 0.3 is 5.97 Å². The summed E-state index contributed by atoms with van der Waals surface area (Å²) in [5.41, 5.74) is 2.65. The van der Waals surface area contributed by atoms with E-state index in [9.17, 15) is 14.9 Å². The van der Waals surface area contributed by atoms with Crippen molar-refractivity contribution in [3.63, 3.8) is 0 Å². The van der Waals surface area contributed by atoms with Crippen molar-refractivity contribution in [2.75, 3.05) is 11.9 Å². The lowest BCUT2D eigenvalue weighted by atomic mass is 10.1. The quantitative estimate of drug-likeness (QED) is 0.684. The van der Waals surface area contributed by atoms with Crippen LogP contribution in [-0.4, -0.2) is 23.1 Å². The number of furan rings is 1. The van der Waals surface area contributed by atoms with E-state index in [1.165, 1.54) is 0 Å². The van der Waals surface area contributed by atoms with E-state index in [4.69, 9.17) is 9.15 Å². The number of carbonyl (C=O) groups excluding carboxylic acids is 2. The summed E-state index contributed by atoms with van der Waals surface area (Å²) in [6, 6.07) is 11.2. The smallest absolute Gasteiger partial charge is 0.343 e. The van der Waals surface area contributed by atoms with Gasteiger partial charge in [-0.1, -0.05) is 12.1 Å². The van der Waals surface area contributed by atoms with Crippen molar-refractivity contribution < 1.29 is 18.7 Å². The van der Waals surface area contributed by atoms with Crippen LogP contribution in [0.3, 0.4) is 0 Å². The zero-order valence-electron chi connectivity index (χ0n) is 15.8. The number of hydrogen-bond acceptors (Lipinski definition) is 5. The number of rotatable bonds is 5. The minimum absolute atomic E-state index is 0.0192. The summed E-state index contributed by atoms with van der Waals surface area (Å²) in [4.78, 5) is 24.6. The third-order valence-corrected chi connectivity index (χ3v) is 4.22. The maximum absolute atomic E-state index is 12.5. The van der Waals surface area contributed by atoms with E-state index in [-0.39, 0.29) is 22.8 Å². The number of aromatic nitrogens is 1. The molecule has 7 nitrogen and oxygen atoms in total. The molecule has 0 aliphatic heterocycles. The Kier molecular flexibility index (Phi) is 5.32. The molecule has 28 heavy (non-hydrogen) atoms. The number of nitriles is 1. The highest BCUT2D eigenvalue weighted by Gasteiger charge is 2.26. The molecule has 0 saturated carbocycles. The van der Waals surface area contributed by atoms with E-state index in [2.05, 4.69) is 5.32 Å². The highest BCUT2D eigenvalue weighted by Crippen LogP contribution is 2.26. The number of amides is 1. The maximum Gasteiger partial charge on any atom is 0.343 e. The van der Waals surface area contributed by atoms with Crippen LogP contribution in [0.15, 0.2) is 47.1 Å². The Morgan fingerprint density at radius 1 is 1.21 bits per heavy atom. The fourth-order valence-electron chi connectivity index (χ4n) is 2.79. The highest BCUT2D eigenvalue weighted by molar-refractivity contribution is 5.98. The summed E-state index contributed by atoms with van der Waals surface area (Å²) < 4.78 is 12.3. The molecule has 0 unspecified atom stereocenters. The summed E-state index contributed by atoms with van der Waals surface area (Å²) in [5, 5.41) is 12.2. The third-order valence-electron chi connectivity index (χ3n) is 4.22. The number of benzene rings is 1. The van der Waals surface area contributed by atoms with Gasteiger partial charge in [-0.3, -0.25) is 9.36 Å². The average molecular weight is 377 g/mol. The lowest BCUT2D eigenvalue weighted by Gasteiger charge is -2.09. The van der Waals surface area contributed by atoms with Gasteiger partial charge in [0.15, 0.2) is 6.61 Å². The number of aryl methyl sites for hydroxylation is 3. The van der Waals surface area contributed by atoms with Gasteiger partial charge in [0.25, 0.3) is 5.91 Å². The summed E-state index contributed by atoms with van der Waals surface area (Å²) in [6.45, 7) is 4.89. The fourth-order valence-corrected chi connectivity index (χ4v) is 2.79. The zero-order chi connectivity index (χ0) is 20.3. The Hall–Kier alpha value is -3.79. The van der Waals surface area contributed by atoms with Crippen molar-refractivity contribution in [1.82, 2.24) is 4.57 Å². The molecule has 0 atom stereocenters. The van der Waals surface area contributed by atoms with E-state index >= 15 is 0 Å². The van der Waals surface area contributed by atoms with E-state index in [1.54, 1.807) is 36.0 Å². The number of ether oxygens (including phenoxy) is 1. The molecule has 1 amide bonds. The van der Waals surface area contributed by atoms with Crippen LogP contribution in [0, 0.1) is 32.1 Å². The van der Waals surface area contributed by atoms with Gasteiger partial charge in [-0.2, -0.15) is 5.26 Å². The minimum atomic E-state index is -0.785. The van der Waals surface area contributed by atoms with Crippen molar-refractivity contribution in [1.29, 1.82) is 5.26 Å². The molecule has 142 valence electrons. The monoisotopic (exact) mass is 377 g/mol. The Labute approximate surface area is 162 Å². The second-order valence-corrected chi connectivity index (χ2v) is 6.36. The summed E-state index contributed by atoms with van der Waals surface area (Å²) in [7, 11) is 0. The first-order valence-electron chi connectivity index (χ1n) is 8.61. The minimum Gasteiger partial charge on any atom is -0.452 e. The Morgan fingerprint density at radius 2 is 1.93 bits per heavy atom. The van der Waals surface area contributed by atoms with Crippen LogP contribution >= 0.6 is 0 Å². The molecule has 7 heteroatoms. The highest BCUT2D eigenvalue weighted by atomic mass is 16.5. The van der Waals surface area contributed by atoms with Crippen molar-refractivity contribution in [2.45, 2.75) is 20.8 Å². The molecule has 1 aromatic carbocycles. The van der Waals surface area contributed by atoms with Crippen molar-refractivity contribution in [3.8, 4) is 12.0 Å². The number of carbonyl (C=O) groups is 2. The van der Waals surface area contributed by atoms with Crippen LogP contribution < -0.4 is 5.32 Å².